The lowest BCUT2D eigenvalue weighted by Gasteiger charge is -2.44. The van der Waals surface area contributed by atoms with Crippen LogP contribution in [0.3, 0.4) is 0 Å². The smallest absolute Gasteiger partial charge is 0.252 e. The van der Waals surface area contributed by atoms with Gasteiger partial charge >= 0.3 is 0 Å². The summed E-state index contributed by atoms with van der Waals surface area (Å²) in [6.07, 6.45) is 0. The molecule has 0 unspecified atom stereocenters. The summed E-state index contributed by atoms with van der Waals surface area (Å²) < 4.78 is 0. The second kappa shape index (κ2) is 9.29. The fourth-order valence-electron chi connectivity index (χ4n) is 6.60. The maximum Gasteiger partial charge on any atom is 0.252 e. The first-order chi connectivity index (χ1) is 20.3. The van der Waals surface area contributed by atoms with Crippen LogP contribution in [0.15, 0.2) is 146 Å². The monoisotopic (exact) mass is 521 g/mol. The Morgan fingerprint density at radius 1 is 0.488 bits per heavy atom. The second-order valence-electron chi connectivity index (χ2n) is 10.5. The molecule has 0 N–H and O–H groups in total. The van der Waals surface area contributed by atoms with E-state index in [1.165, 1.54) is 27.8 Å². The van der Waals surface area contributed by atoms with E-state index in [0.29, 0.717) is 5.56 Å². The number of fused-ring (bicyclic) bond motifs is 4. The Labute approximate surface area is 240 Å². The molecule has 3 nitrogen and oxygen atoms in total. The van der Waals surface area contributed by atoms with E-state index in [-0.39, 0.29) is 6.71 Å². The summed E-state index contributed by atoms with van der Waals surface area (Å²) in [5.41, 5.74) is 13.4. The van der Waals surface area contributed by atoms with Crippen molar-refractivity contribution in [3.63, 3.8) is 0 Å². The van der Waals surface area contributed by atoms with Crippen LogP contribution >= 0.6 is 0 Å². The normalized spacial score (nSPS) is 12.7. The molecule has 0 bridgehead atoms. The van der Waals surface area contributed by atoms with E-state index in [2.05, 4.69) is 143 Å². The first-order valence-electron chi connectivity index (χ1n) is 13.9. The van der Waals surface area contributed by atoms with Crippen molar-refractivity contribution in [2.75, 3.05) is 9.80 Å². The van der Waals surface area contributed by atoms with Crippen molar-refractivity contribution in [1.82, 2.24) is 0 Å². The van der Waals surface area contributed by atoms with E-state index in [4.69, 9.17) is 0 Å². The highest BCUT2D eigenvalue weighted by Crippen LogP contribution is 2.46. The molecule has 6 aromatic rings. The predicted octanol–water partition coefficient (Wildman–Crippen LogP) is 7.31. The van der Waals surface area contributed by atoms with Crippen LogP contribution in [0, 0.1) is 11.3 Å². The van der Waals surface area contributed by atoms with E-state index >= 15 is 0 Å². The molecule has 190 valence electrons. The van der Waals surface area contributed by atoms with Gasteiger partial charge in [-0.05, 0) is 70.5 Å². The number of hydrogen-bond donors (Lipinski definition) is 0. The third kappa shape index (κ3) is 3.53. The van der Waals surface area contributed by atoms with E-state index in [0.717, 1.165) is 33.9 Å². The highest BCUT2D eigenvalue weighted by Gasteiger charge is 2.43. The van der Waals surface area contributed by atoms with Crippen molar-refractivity contribution in [2.24, 2.45) is 0 Å². The zero-order valence-electron chi connectivity index (χ0n) is 22.3. The van der Waals surface area contributed by atoms with Crippen LogP contribution in [0.4, 0.5) is 34.1 Å². The molecular formula is C37H24BN3. The number of para-hydroxylation sites is 3. The number of benzene rings is 6. The van der Waals surface area contributed by atoms with Crippen LogP contribution in [0.1, 0.15) is 5.56 Å². The molecule has 0 saturated heterocycles. The summed E-state index contributed by atoms with van der Waals surface area (Å²) in [6.45, 7) is 0.0872. The molecule has 0 saturated carbocycles. The van der Waals surface area contributed by atoms with Gasteiger partial charge in [-0.25, -0.2) is 0 Å². The predicted molar refractivity (Wildman–Crippen MR) is 171 cm³/mol. The zero-order valence-corrected chi connectivity index (χ0v) is 22.3. The Kier molecular flexibility index (Phi) is 5.30. The van der Waals surface area contributed by atoms with Gasteiger partial charge in [0.15, 0.2) is 0 Å². The topological polar surface area (TPSA) is 30.3 Å². The highest BCUT2D eigenvalue weighted by molar-refractivity contribution is 7.00. The summed E-state index contributed by atoms with van der Waals surface area (Å²) in [4.78, 5) is 4.76. The molecule has 2 aliphatic rings. The van der Waals surface area contributed by atoms with E-state index in [1.807, 2.05) is 18.2 Å². The van der Waals surface area contributed by atoms with E-state index in [1.54, 1.807) is 0 Å². The molecule has 0 radical (unpaired) electrons. The number of nitriles is 1. The summed E-state index contributed by atoms with van der Waals surface area (Å²) in [7, 11) is 0. The van der Waals surface area contributed by atoms with Gasteiger partial charge in [-0.1, -0.05) is 97.1 Å². The molecule has 4 heteroatoms. The molecule has 2 aliphatic heterocycles. The molecular weight excluding hydrogens is 497 g/mol. The minimum atomic E-state index is 0.0872. The van der Waals surface area contributed by atoms with Gasteiger partial charge in [-0.2, -0.15) is 5.26 Å². The fourth-order valence-corrected chi connectivity index (χ4v) is 6.60. The van der Waals surface area contributed by atoms with Crippen molar-refractivity contribution in [2.45, 2.75) is 0 Å². The third-order valence-corrected chi connectivity index (χ3v) is 8.27. The van der Waals surface area contributed by atoms with Crippen molar-refractivity contribution < 1.29 is 0 Å². The Hall–Kier alpha value is -5.53. The maximum absolute atomic E-state index is 9.94. The van der Waals surface area contributed by atoms with Crippen LogP contribution in [0.5, 0.6) is 0 Å². The molecule has 0 amide bonds. The van der Waals surface area contributed by atoms with Gasteiger partial charge in [0.25, 0.3) is 6.71 Å². The average molecular weight is 521 g/mol. The summed E-state index contributed by atoms with van der Waals surface area (Å²) in [6, 6.07) is 53.6. The largest absolute Gasteiger partial charge is 0.311 e. The lowest BCUT2D eigenvalue weighted by molar-refractivity contribution is 1.25. The third-order valence-electron chi connectivity index (χ3n) is 8.27. The van der Waals surface area contributed by atoms with Gasteiger partial charge < -0.3 is 9.80 Å². The minimum Gasteiger partial charge on any atom is -0.311 e. The number of nitrogens with zero attached hydrogens (tertiary/aromatic N) is 3. The lowest BCUT2D eigenvalue weighted by Crippen LogP contribution is -2.61. The van der Waals surface area contributed by atoms with Crippen molar-refractivity contribution in [3.05, 3.63) is 151 Å². The molecule has 0 aliphatic carbocycles. The van der Waals surface area contributed by atoms with Crippen LogP contribution in [-0.2, 0) is 0 Å². The minimum absolute atomic E-state index is 0.0872. The zero-order chi connectivity index (χ0) is 27.3. The first-order valence-corrected chi connectivity index (χ1v) is 13.9. The van der Waals surface area contributed by atoms with Crippen molar-refractivity contribution in [1.29, 1.82) is 5.26 Å². The molecule has 0 fully saturated rings. The Balaban J connectivity index is 1.46. The molecule has 6 aromatic carbocycles. The SMILES string of the molecule is N#Cc1ccc(-c2ccccc2)c(N2c3ccccc3B3c4ccccc4N(c4ccccc4)c4cccc2c43)c1. The van der Waals surface area contributed by atoms with Gasteiger partial charge in [-0.15, -0.1) is 0 Å². The molecule has 0 spiro atoms. The van der Waals surface area contributed by atoms with Gasteiger partial charge in [-0.3, -0.25) is 0 Å². The highest BCUT2D eigenvalue weighted by atomic mass is 15.2. The van der Waals surface area contributed by atoms with Gasteiger partial charge in [0, 0.05) is 34.0 Å². The van der Waals surface area contributed by atoms with Crippen LogP contribution in [0.2, 0.25) is 0 Å². The van der Waals surface area contributed by atoms with Crippen LogP contribution < -0.4 is 26.2 Å². The molecule has 0 atom stereocenters. The second-order valence-corrected chi connectivity index (χ2v) is 10.5. The summed E-state index contributed by atoms with van der Waals surface area (Å²) in [5.74, 6) is 0. The van der Waals surface area contributed by atoms with Crippen LogP contribution in [0.25, 0.3) is 11.1 Å². The van der Waals surface area contributed by atoms with Gasteiger partial charge in [0.1, 0.15) is 0 Å². The number of rotatable bonds is 3. The van der Waals surface area contributed by atoms with E-state index in [9.17, 15) is 5.26 Å². The molecule has 2 heterocycles. The molecule has 41 heavy (non-hydrogen) atoms. The maximum atomic E-state index is 9.94. The van der Waals surface area contributed by atoms with E-state index < -0.39 is 0 Å². The van der Waals surface area contributed by atoms with Crippen LogP contribution in [-0.4, -0.2) is 6.71 Å². The molecule has 8 rings (SSSR count). The Morgan fingerprint density at radius 2 is 1.05 bits per heavy atom. The van der Waals surface area contributed by atoms with Gasteiger partial charge in [0.05, 0.1) is 17.3 Å². The molecule has 0 aromatic heterocycles. The Bertz CT molecular complexity index is 1980. The lowest BCUT2D eigenvalue weighted by atomic mass is 9.33. The number of hydrogen-bond acceptors (Lipinski definition) is 3. The van der Waals surface area contributed by atoms with Crippen molar-refractivity contribution in [3.8, 4) is 17.2 Å². The van der Waals surface area contributed by atoms with Crippen molar-refractivity contribution >= 4 is 57.2 Å². The standard InChI is InChI=1S/C37H24BN3/c39-25-26-22-23-29(27-12-3-1-4-13-27)36(24-26)41-33-19-10-8-17-31(33)38-30-16-7-9-18-32(30)40(28-14-5-2-6-15-28)34-20-11-21-35(41)37(34)38/h1-24H. The quantitative estimate of drug-likeness (QED) is 0.229. The van der Waals surface area contributed by atoms with Gasteiger partial charge in [0.2, 0.25) is 0 Å². The summed E-state index contributed by atoms with van der Waals surface area (Å²) >= 11 is 0. The fraction of sp³-hybridized carbons (Fsp3) is 0. The average Bonchev–Trinajstić information content (AvgIpc) is 3.05. The summed E-state index contributed by atoms with van der Waals surface area (Å²) in [5, 5.41) is 9.94. The Morgan fingerprint density at radius 3 is 1.73 bits per heavy atom. The first kappa shape index (κ1) is 23.4. The number of anilines is 6.